The molecule has 1 N–H and O–H groups in total. The second kappa shape index (κ2) is 11.5. The SMILES string of the molecule is CONC(=O)C1CN(S(=O)(=O)c2ccc3cc(Cl)ccc3c2)CC(=O)N1CC1CCN(c2ccncc2)CC1. The number of nitrogens with one attached hydrogen (secondary N) is 1. The zero-order chi connectivity index (χ0) is 27.6. The number of anilines is 1. The normalized spacial score (nSPS) is 19.4. The van der Waals surface area contributed by atoms with E-state index in [1.165, 1.54) is 18.1 Å². The highest BCUT2D eigenvalue weighted by Gasteiger charge is 2.43. The molecule has 3 aromatic rings. The van der Waals surface area contributed by atoms with Crippen LogP contribution in [0.3, 0.4) is 0 Å². The fourth-order valence-electron chi connectivity index (χ4n) is 5.29. The van der Waals surface area contributed by atoms with Crippen LogP contribution in [0.2, 0.25) is 5.02 Å². The molecule has 12 heteroatoms. The number of sulfonamides is 1. The van der Waals surface area contributed by atoms with Gasteiger partial charge in [0, 0.05) is 49.3 Å². The first-order chi connectivity index (χ1) is 18.8. The summed E-state index contributed by atoms with van der Waals surface area (Å²) in [5.41, 5.74) is 3.40. The summed E-state index contributed by atoms with van der Waals surface area (Å²) in [5, 5.41) is 2.06. The van der Waals surface area contributed by atoms with Crippen LogP contribution in [0.4, 0.5) is 5.69 Å². The molecule has 2 aliphatic heterocycles. The number of hydroxylamine groups is 1. The highest BCUT2D eigenvalue weighted by molar-refractivity contribution is 7.89. The number of carbonyl (C=O) groups is 2. The molecular weight excluding hydrogens is 542 g/mol. The van der Waals surface area contributed by atoms with Crippen LogP contribution in [-0.2, 0) is 24.4 Å². The zero-order valence-electron chi connectivity index (χ0n) is 21.5. The lowest BCUT2D eigenvalue weighted by atomic mass is 9.94. The Labute approximate surface area is 232 Å². The molecule has 10 nitrogen and oxygen atoms in total. The Bertz CT molecular complexity index is 1460. The predicted octanol–water partition coefficient (Wildman–Crippen LogP) is 2.68. The summed E-state index contributed by atoms with van der Waals surface area (Å²) in [5.74, 6) is -0.793. The third kappa shape index (κ3) is 5.86. The van der Waals surface area contributed by atoms with Gasteiger partial charge in [-0.2, -0.15) is 4.31 Å². The van der Waals surface area contributed by atoms with Crippen molar-refractivity contribution in [2.24, 2.45) is 5.92 Å². The van der Waals surface area contributed by atoms with E-state index in [1.807, 2.05) is 12.1 Å². The second-order valence-electron chi connectivity index (χ2n) is 9.82. The van der Waals surface area contributed by atoms with E-state index in [1.54, 1.807) is 42.7 Å². The van der Waals surface area contributed by atoms with E-state index in [0.29, 0.717) is 17.0 Å². The van der Waals surface area contributed by atoms with Crippen LogP contribution in [0.15, 0.2) is 65.8 Å². The number of aromatic nitrogens is 1. The van der Waals surface area contributed by atoms with Gasteiger partial charge in [-0.1, -0.05) is 23.7 Å². The molecule has 1 aromatic heterocycles. The average Bonchev–Trinajstić information content (AvgIpc) is 2.94. The van der Waals surface area contributed by atoms with Crippen molar-refractivity contribution in [2.45, 2.75) is 23.8 Å². The molecular formula is C27H30ClN5O5S. The number of halogens is 1. The Morgan fingerprint density at radius 1 is 1.08 bits per heavy atom. The molecule has 3 heterocycles. The zero-order valence-corrected chi connectivity index (χ0v) is 23.1. The number of piperidine rings is 1. The molecule has 2 fully saturated rings. The van der Waals surface area contributed by atoms with Crippen LogP contribution < -0.4 is 10.4 Å². The van der Waals surface area contributed by atoms with Crippen molar-refractivity contribution in [2.75, 3.05) is 44.7 Å². The number of rotatable bonds is 7. The molecule has 2 aliphatic rings. The molecule has 39 heavy (non-hydrogen) atoms. The van der Waals surface area contributed by atoms with Gasteiger partial charge in [-0.25, -0.2) is 13.9 Å². The van der Waals surface area contributed by atoms with Gasteiger partial charge in [-0.15, -0.1) is 0 Å². The van der Waals surface area contributed by atoms with Crippen molar-refractivity contribution in [3.63, 3.8) is 0 Å². The molecule has 5 rings (SSSR count). The van der Waals surface area contributed by atoms with Crippen LogP contribution in [0, 0.1) is 5.92 Å². The molecule has 0 spiro atoms. The Kier molecular flexibility index (Phi) is 8.03. The molecule has 2 aromatic carbocycles. The third-order valence-electron chi connectivity index (χ3n) is 7.40. The number of piperazine rings is 1. The van der Waals surface area contributed by atoms with Gasteiger partial charge in [-0.3, -0.25) is 19.4 Å². The average molecular weight is 572 g/mol. The number of nitrogens with zero attached hydrogens (tertiary/aromatic N) is 4. The summed E-state index contributed by atoms with van der Waals surface area (Å²) in [6, 6.07) is 12.8. The number of hydrogen-bond acceptors (Lipinski definition) is 7. The maximum Gasteiger partial charge on any atom is 0.267 e. The first kappa shape index (κ1) is 27.3. The highest BCUT2D eigenvalue weighted by Crippen LogP contribution is 2.28. The van der Waals surface area contributed by atoms with Crippen molar-refractivity contribution < 1.29 is 22.8 Å². The molecule has 2 saturated heterocycles. The molecule has 0 aliphatic carbocycles. The predicted molar refractivity (Wildman–Crippen MR) is 148 cm³/mol. The van der Waals surface area contributed by atoms with E-state index < -0.39 is 27.9 Å². The number of pyridine rings is 1. The number of hydrogen-bond donors (Lipinski definition) is 1. The first-order valence-corrected chi connectivity index (χ1v) is 14.5. The van der Waals surface area contributed by atoms with E-state index in [9.17, 15) is 18.0 Å². The Balaban J connectivity index is 1.32. The van der Waals surface area contributed by atoms with Gasteiger partial charge >= 0.3 is 0 Å². The minimum absolute atomic E-state index is 0.0490. The van der Waals surface area contributed by atoms with Gasteiger partial charge in [0.25, 0.3) is 5.91 Å². The van der Waals surface area contributed by atoms with Gasteiger partial charge in [0.2, 0.25) is 15.9 Å². The molecule has 1 unspecified atom stereocenters. The Hall–Kier alpha value is -3.25. The molecule has 2 amide bonds. The topological polar surface area (TPSA) is 112 Å². The second-order valence-corrected chi connectivity index (χ2v) is 12.2. The van der Waals surface area contributed by atoms with Crippen LogP contribution in [-0.4, -0.2) is 80.3 Å². The number of fused-ring (bicyclic) bond motifs is 1. The van der Waals surface area contributed by atoms with Crippen molar-refractivity contribution in [3.05, 3.63) is 65.9 Å². The molecule has 0 bridgehead atoms. The van der Waals surface area contributed by atoms with E-state index in [4.69, 9.17) is 16.4 Å². The summed E-state index contributed by atoms with van der Waals surface area (Å²) in [7, 11) is -2.75. The molecule has 206 valence electrons. The van der Waals surface area contributed by atoms with Crippen molar-refractivity contribution in [1.82, 2.24) is 19.7 Å². The summed E-state index contributed by atoms with van der Waals surface area (Å²) < 4.78 is 28.3. The van der Waals surface area contributed by atoms with Gasteiger partial charge in [0.15, 0.2) is 0 Å². The molecule has 1 atom stereocenters. The minimum Gasteiger partial charge on any atom is -0.371 e. The van der Waals surface area contributed by atoms with Crippen LogP contribution in [0.1, 0.15) is 12.8 Å². The van der Waals surface area contributed by atoms with Crippen LogP contribution in [0.5, 0.6) is 0 Å². The lowest BCUT2D eigenvalue weighted by Crippen LogP contribution is -2.63. The summed E-state index contributed by atoms with van der Waals surface area (Å²) in [4.78, 5) is 39.1. The summed E-state index contributed by atoms with van der Waals surface area (Å²) in [6.45, 7) is 1.50. The lowest BCUT2D eigenvalue weighted by molar-refractivity contribution is -0.150. The number of carbonyl (C=O) groups excluding carboxylic acids is 2. The van der Waals surface area contributed by atoms with Gasteiger partial charge in [0.05, 0.1) is 18.6 Å². The number of benzene rings is 2. The lowest BCUT2D eigenvalue weighted by Gasteiger charge is -2.42. The van der Waals surface area contributed by atoms with E-state index >= 15 is 0 Å². The van der Waals surface area contributed by atoms with E-state index in [0.717, 1.165) is 41.3 Å². The van der Waals surface area contributed by atoms with E-state index in [-0.39, 0.29) is 23.9 Å². The van der Waals surface area contributed by atoms with E-state index in [2.05, 4.69) is 15.4 Å². The Morgan fingerprint density at radius 3 is 2.49 bits per heavy atom. The maximum absolute atomic E-state index is 13.6. The van der Waals surface area contributed by atoms with Gasteiger partial charge in [0.1, 0.15) is 6.04 Å². The largest absolute Gasteiger partial charge is 0.371 e. The van der Waals surface area contributed by atoms with Crippen LogP contribution in [0.25, 0.3) is 10.8 Å². The summed E-state index contributed by atoms with van der Waals surface area (Å²) in [6.07, 6.45) is 5.21. The monoisotopic (exact) mass is 571 g/mol. The van der Waals surface area contributed by atoms with Crippen LogP contribution >= 0.6 is 11.6 Å². The smallest absolute Gasteiger partial charge is 0.267 e. The fourth-order valence-corrected chi connectivity index (χ4v) is 6.90. The highest BCUT2D eigenvalue weighted by atomic mass is 35.5. The van der Waals surface area contributed by atoms with Crippen molar-refractivity contribution in [1.29, 1.82) is 0 Å². The van der Waals surface area contributed by atoms with Gasteiger partial charge in [-0.05, 0) is 65.9 Å². The first-order valence-electron chi connectivity index (χ1n) is 12.7. The number of amides is 2. The van der Waals surface area contributed by atoms with Crippen molar-refractivity contribution >= 4 is 49.9 Å². The van der Waals surface area contributed by atoms with Crippen molar-refractivity contribution in [3.8, 4) is 0 Å². The third-order valence-corrected chi connectivity index (χ3v) is 9.44. The quantitative estimate of drug-likeness (QED) is 0.434. The molecule has 0 radical (unpaired) electrons. The standard InChI is InChI=1S/C27H30ClN5O5S/c1-38-30-27(35)25-17-32(39(36,37)24-5-3-20-14-22(28)4-2-21(20)15-24)18-26(34)33(25)16-19-8-12-31(13-9-19)23-6-10-29-11-7-23/h2-7,10-11,14-15,19,25H,8-9,12-13,16-18H2,1H3,(H,30,35). The minimum atomic E-state index is -4.05. The molecule has 0 saturated carbocycles. The maximum atomic E-state index is 13.6. The van der Waals surface area contributed by atoms with Gasteiger partial charge < -0.3 is 9.80 Å². The Morgan fingerprint density at radius 2 is 1.77 bits per heavy atom. The summed E-state index contributed by atoms with van der Waals surface area (Å²) >= 11 is 6.05. The fraction of sp³-hybridized carbons (Fsp3) is 0.370.